The number of halogens is 17. The Morgan fingerprint density at radius 1 is 0.361 bits per heavy atom. The number of unbranched alkanes of at least 4 members (excludes halogenated alkanes) is 9. The normalized spacial score (nSPS) is 11.3. The molecule has 4 N–H and O–H groups in total. The zero-order valence-corrected chi connectivity index (χ0v) is 59.8. The van der Waals surface area contributed by atoms with Crippen LogP contribution in [-0.4, -0.2) is 52.1 Å². The van der Waals surface area contributed by atoms with Gasteiger partial charge >= 0.3 is 14.2 Å². The molecule has 0 fully saturated rings. The highest BCUT2D eigenvalue weighted by atomic mass is 127. The van der Waals surface area contributed by atoms with Gasteiger partial charge in [0.15, 0.2) is 34.9 Å². The van der Waals surface area contributed by atoms with Crippen LogP contribution in [0.2, 0.25) is 0 Å². The lowest BCUT2D eigenvalue weighted by Crippen LogP contribution is -2.34. The molecule has 0 saturated carbocycles. The van der Waals surface area contributed by atoms with Gasteiger partial charge in [-0.05, 0) is 131 Å². The number of hydrogen-bond donors (Lipinski definition) is 4. The largest absolute Gasteiger partial charge is 0.491 e. The summed E-state index contributed by atoms with van der Waals surface area (Å²) in [5.74, 6) is -18.0. The molecule has 0 radical (unpaired) electrons. The van der Waals surface area contributed by atoms with Crippen molar-refractivity contribution in [2.75, 3.05) is 0 Å². The average Bonchev–Trinajstić information content (AvgIpc) is 0.812. The Morgan fingerprint density at radius 2 is 0.742 bits per heavy atom. The summed E-state index contributed by atoms with van der Waals surface area (Å²) < 4.78 is 199. The number of rotatable bonds is 26. The lowest BCUT2D eigenvalue weighted by molar-refractivity contribution is -0.0110. The maximum atomic E-state index is 14.8. The van der Waals surface area contributed by atoms with Crippen molar-refractivity contribution < 1.29 is 81.6 Å². The SMILES string of the molecule is CCCCCCC(F)(F)Cc1ccc(-c2ccc(-c3ccc(C)cc3)cc2F)c(F)c1F.CCCCCCC(F)(F)Cc1ccc(-c2ccc(Br)cc2)c(F)c1F.CCCCCCC(F)(F)Cc1ccc(B(O)O)c(F)c1F.Cc1ccc(B(O)O)cc1.Fc1cc(Br)ccc1I. The zero-order valence-electron chi connectivity index (χ0n) is 54.5. The van der Waals surface area contributed by atoms with Crippen LogP contribution in [0.25, 0.3) is 33.4 Å². The second-order valence-corrected chi connectivity index (χ2v) is 26.6. The van der Waals surface area contributed by atoms with Gasteiger partial charge < -0.3 is 20.1 Å². The summed E-state index contributed by atoms with van der Waals surface area (Å²) in [5.41, 5.74) is 2.47. The molecule has 97 heavy (non-hydrogen) atoms. The van der Waals surface area contributed by atoms with Crippen molar-refractivity contribution in [1.82, 2.24) is 0 Å². The lowest BCUT2D eigenvalue weighted by atomic mass is 9.79. The van der Waals surface area contributed by atoms with Gasteiger partial charge in [-0.1, -0.05) is 231 Å². The highest BCUT2D eigenvalue weighted by Gasteiger charge is 2.34. The van der Waals surface area contributed by atoms with E-state index < -0.39 is 109 Å². The predicted octanol–water partition coefficient (Wildman–Crippen LogP) is 22.1. The van der Waals surface area contributed by atoms with Crippen LogP contribution in [-0.2, 0) is 19.3 Å². The van der Waals surface area contributed by atoms with E-state index in [1.54, 1.807) is 48.5 Å². The predicted molar refractivity (Wildman–Crippen MR) is 378 cm³/mol. The smallest absolute Gasteiger partial charge is 0.423 e. The molecule has 0 aliphatic heterocycles. The van der Waals surface area contributed by atoms with E-state index in [-0.39, 0.29) is 47.3 Å². The van der Waals surface area contributed by atoms with Crippen LogP contribution < -0.4 is 10.9 Å². The van der Waals surface area contributed by atoms with Gasteiger partial charge in [0.25, 0.3) is 17.8 Å². The van der Waals surface area contributed by atoms with Gasteiger partial charge in [-0.3, -0.25) is 0 Å². The highest BCUT2D eigenvalue weighted by molar-refractivity contribution is 14.1. The fourth-order valence-electron chi connectivity index (χ4n) is 9.85. The van der Waals surface area contributed by atoms with Crippen LogP contribution in [0.15, 0.2) is 155 Å². The van der Waals surface area contributed by atoms with Gasteiger partial charge in [-0.25, -0.2) is 61.5 Å². The summed E-state index contributed by atoms with van der Waals surface area (Å²) in [6.45, 7) is 9.85. The summed E-state index contributed by atoms with van der Waals surface area (Å²) in [6, 6.07) is 37.3. The van der Waals surface area contributed by atoms with Gasteiger partial charge in [0, 0.05) is 73.2 Å². The van der Waals surface area contributed by atoms with Crippen LogP contribution in [0.3, 0.4) is 0 Å². The van der Waals surface area contributed by atoms with Crippen LogP contribution in [0, 0.1) is 64.0 Å². The molecule has 8 rings (SSSR count). The Balaban J connectivity index is 0.000000276. The summed E-state index contributed by atoms with van der Waals surface area (Å²) in [6.07, 6.45) is 4.99. The molecule has 0 spiro atoms. The molecule has 8 aromatic rings. The maximum absolute atomic E-state index is 14.8. The van der Waals surface area contributed by atoms with Crippen LogP contribution >= 0.6 is 54.5 Å². The van der Waals surface area contributed by atoms with Gasteiger partial charge in [0.2, 0.25) is 0 Å². The van der Waals surface area contributed by atoms with Crippen molar-refractivity contribution in [2.24, 2.45) is 0 Å². The third kappa shape index (κ3) is 28.5. The molecule has 524 valence electrons. The first-order valence-corrected chi connectivity index (χ1v) is 34.5. The molecule has 4 nitrogen and oxygen atoms in total. The van der Waals surface area contributed by atoms with Gasteiger partial charge in [-0.2, -0.15) is 0 Å². The van der Waals surface area contributed by atoms with Crippen molar-refractivity contribution in [3.05, 3.63) is 232 Å². The zero-order chi connectivity index (χ0) is 72.2. The second kappa shape index (κ2) is 41.2. The molecule has 0 aliphatic carbocycles. The van der Waals surface area contributed by atoms with E-state index in [9.17, 15) is 61.5 Å². The van der Waals surface area contributed by atoms with E-state index >= 15 is 0 Å². The average molecular weight is 1610 g/mol. The first kappa shape index (κ1) is 83.9. The maximum Gasteiger partial charge on any atom is 0.491 e. The lowest BCUT2D eigenvalue weighted by Gasteiger charge is -2.18. The molecule has 0 aliphatic rings. The fourth-order valence-corrected chi connectivity index (χ4v) is 10.8. The fraction of sp³-hybridized carbons (Fsp3) is 0.351. The first-order chi connectivity index (χ1) is 45.7. The Hall–Kier alpha value is -5.56. The molecule has 0 bridgehead atoms. The van der Waals surface area contributed by atoms with Gasteiger partial charge in [0.1, 0.15) is 11.6 Å². The van der Waals surface area contributed by atoms with Crippen molar-refractivity contribution in [3.63, 3.8) is 0 Å². The van der Waals surface area contributed by atoms with Crippen molar-refractivity contribution >= 4 is 79.6 Å². The van der Waals surface area contributed by atoms with E-state index in [4.69, 9.17) is 20.1 Å². The topological polar surface area (TPSA) is 80.9 Å². The first-order valence-electron chi connectivity index (χ1n) is 31.8. The summed E-state index contributed by atoms with van der Waals surface area (Å²) in [5, 5.41) is 35.0. The van der Waals surface area contributed by atoms with Crippen molar-refractivity contribution in [3.8, 4) is 33.4 Å². The molecule has 23 heteroatoms. The molecule has 0 heterocycles. The van der Waals surface area contributed by atoms with E-state index in [1.807, 2.05) is 99.7 Å². The van der Waals surface area contributed by atoms with Gasteiger partial charge in [0.05, 0.1) is 0 Å². The van der Waals surface area contributed by atoms with Gasteiger partial charge in [-0.15, -0.1) is 0 Å². The number of alkyl halides is 6. The Bertz CT molecular complexity index is 3700. The molecule has 0 amide bonds. The quantitative estimate of drug-likeness (QED) is 0.0143. The Kier molecular flexibility index (Phi) is 35.7. The van der Waals surface area contributed by atoms with Crippen LogP contribution in [0.1, 0.15) is 145 Å². The van der Waals surface area contributed by atoms with E-state index in [0.29, 0.717) is 52.3 Å². The minimum atomic E-state index is -3.12. The third-order valence-corrected chi connectivity index (χ3v) is 17.3. The standard InChI is InChI=1S/C27H27F5.C20H21BrF4.C14H19BF4O2.C7H9BO2.C6H3BrFI/c1-3-4-5-6-15-27(31,32)17-21-12-14-23(26(30)25(21)29)22-13-11-20(16-24(22)28)19-9-7-18(2)8-10-19;1-2-3-4-5-12-20(24,25)13-15-8-11-17(19(23)18(15)22)14-6-9-16(21)10-7-14;1-2-3-4-5-8-14(18,19)9-10-6-7-11(15(20)21)13(17)12(10)16;1-6-2-4-7(5-3-6)8(9)10;7-4-1-2-6(9)5(8)3-4/h7-14,16H,3-6,15,17H2,1-2H3;6-11H,2-5,12-13H2,1H3;6-7,20-21H,2-5,8-9H2,1H3;2-5,9-10H,1H3;1-3H. The summed E-state index contributed by atoms with van der Waals surface area (Å²) in [4.78, 5) is 0. The Labute approximate surface area is 591 Å². The minimum Gasteiger partial charge on any atom is -0.423 e. The van der Waals surface area contributed by atoms with Crippen molar-refractivity contribution in [2.45, 2.75) is 168 Å². The van der Waals surface area contributed by atoms with Crippen molar-refractivity contribution in [1.29, 1.82) is 0 Å². The van der Waals surface area contributed by atoms with Crippen LogP contribution in [0.5, 0.6) is 0 Å². The monoisotopic (exact) mass is 1600 g/mol. The molecule has 0 aromatic heterocycles. The molecule has 8 aromatic carbocycles. The minimum absolute atomic E-state index is 0.0695. The molecule has 0 atom stereocenters. The summed E-state index contributed by atoms with van der Waals surface area (Å²) in [7, 11) is -3.52. The third-order valence-electron chi connectivity index (χ3n) is 15.4. The molecule has 0 saturated heterocycles. The van der Waals surface area contributed by atoms with E-state index in [0.717, 1.165) is 88.8 Å². The van der Waals surface area contributed by atoms with E-state index in [1.165, 1.54) is 36.4 Å². The highest BCUT2D eigenvalue weighted by Crippen LogP contribution is 2.36. The van der Waals surface area contributed by atoms with Crippen LogP contribution in [0.4, 0.5) is 61.5 Å². The Morgan fingerprint density at radius 3 is 1.15 bits per heavy atom. The second-order valence-electron chi connectivity index (χ2n) is 23.6. The number of aryl methyl sites for hydroxylation is 2. The number of benzene rings is 8. The van der Waals surface area contributed by atoms with E-state index in [2.05, 4.69) is 31.9 Å². The summed E-state index contributed by atoms with van der Waals surface area (Å²) >= 11 is 8.37. The molecular formula is C74H79B2Br2F14IO4. The molecule has 0 unspecified atom stereocenters. The number of hydrogen-bond acceptors (Lipinski definition) is 4. The molecular weight excluding hydrogens is 1530 g/mol.